The Morgan fingerprint density at radius 1 is 1.24 bits per heavy atom. The molecule has 0 amide bonds. The molecule has 0 radical (unpaired) electrons. The standard InChI is InChI=1S/C15H21NO/c1-4-11-17-15-9-8-14(7-5-6-10-16)12(2)13(15)3/h8-9H,4-7,11H2,1-3H3. The minimum Gasteiger partial charge on any atom is -0.493 e. The number of rotatable bonds is 6. The lowest BCUT2D eigenvalue weighted by atomic mass is 9.98. The first-order valence-corrected chi connectivity index (χ1v) is 6.29. The Morgan fingerprint density at radius 2 is 2.00 bits per heavy atom. The maximum Gasteiger partial charge on any atom is 0.122 e. The first-order chi connectivity index (χ1) is 8.20. The van der Waals surface area contributed by atoms with E-state index in [9.17, 15) is 0 Å². The van der Waals surface area contributed by atoms with Crippen LogP contribution in [0.25, 0.3) is 0 Å². The lowest BCUT2D eigenvalue weighted by molar-refractivity contribution is 0.315. The maximum absolute atomic E-state index is 8.54. The van der Waals surface area contributed by atoms with Crippen molar-refractivity contribution < 1.29 is 4.74 Å². The van der Waals surface area contributed by atoms with Crippen LogP contribution in [0.3, 0.4) is 0 Å². The molecular formula is C15H21NO. The summed E-state index contributed by atoms with van der Waals surface area (Å²) < 4.78 is 5.70. The molecule has 0 saturated carbocycles. The van der Waals surface area contributed by atoms with E-state index in [1.54, 1.807) is 0 Å². The highest BCUT2D eigenvalue weighted by molar-refractivity contribution is 5.43. The van der Waals surface area contributed by atoms with E-state index in [-0.39, 0.29) is 0 Å². The second-order valence-electron chi connectivity index (χ2n) is 4.33. The number of hydrogen-bond donors (Lipinski definition) is 0. The number of ether oxygens (including phenoxy) is 1. The van der Waals surface area contributed by atoms with Gasteiger partial charge in [0.1, 0.15) is 5.75 Å². The van der Waals surface area contributed by atoms with Crippen molar-refractivity contribution in [2.24, 2.45) is 0 Å². The molecule has 92 valence electrons. The highest BCUT2D eigenvalue weighted by atomic mass is 16.5. The molecule has 0 bridgehead atoms. The van der Waals surface area contributed by atoms with Crippen LogP contribution in [0, 0.1) is 25.2 Å². The van der Waals surface area contributed by atoms with E-state index in [4.69, 9.17) is 10.00 Å². The summed E-state index contributed by atoms with van der Waals surface area (Å²) in [6, 6.07) is 6.37. The third kappa shape index (κ3) is 3.78. The van der Waals surface area contributed by atoms with Crippen LogP contribution in [0.15, 0.2) is 12.1 Å². The lowest BCUT2D eigenvalue weighted by Crippen LogP contribution is -2.00. The van der Waals surface area contributed by atoms with E-state index in [1.807, 2.05) is 0 Å². The van der Waals surface area contributed by atoms with Gasteiger partial charge >= 0.3 is 0 Å². The molecule has 1 rings (SSSR count). The van der Waals surface area contributed by atoms with Crippen molar-refractivity contribution in [1.29, 1.82) is 5.26 Å². The van der Waals surface area contributed by atoms with Gasteiger partial charge in [-0.2, -0.15) is 5.26 Å². The molecule has 2 heteroatoms. The summed E-state index contributed by atoms with van der Waals surface area (Å²) in [6.07, 6.45) is 3.58. The molecule has 0 aliphatic carbocycles. The second-order valence-corrected chi connectivity index (χ2v) is 4.33. The Morgan fingerprint density at radius 3 is 2.65 bits per heavy atom. The monoisotopic (exact) mass is 231 g/mol. The molecule has 0 N–H and O–H groups in total. The number of hydrogen-bond acceptors (Lipinski definition) is 2. The molecule has 0 unspecified atom stereocenters. The van der Waals surface area contributed by atoms with Crippen LogP contribution in [0.1, 0.15) is 42.9 Å². The van der Waals surface area contributed by atoms with E-state index >= 15 is 0 Å². The second kappa shape index (κ2) is 6.96. The number of nitriles is 1. The van der Waals surface area contributed by atoms with Gasteiger partial charge in [0.05, 0.1) is 12.7 Å². The van der Waals surface area contributed by atoms with Gasteiger partial charge < -0.3 is 4.74 Å². The first-order valence-electron chi connectivity index (χ1n) is 6.29. The summed E-state index contributed by atoms with van der Waals surface area (Å²) >= 11 is 0. The van der Waals surface area contributed by atoms with Crippen LogP contribution in [-0.2, 0) is 6.42 Å². The first kappa shape index (κ1) is 13.6. The van der Waals surface area contributed by atoms with Crippen LogP contribution in [-0.4, -0.2) is 6.61 Å². The van der Waals surface area contributed by atoms with Gasteiger partial charge in [0, 0.05) is 6.42 Å². The van der Waals surface area contributed by atoms with E-state index in [0.717, 1.165) is 31.6 Å². The Bertz CT molecular complexity index is 404. The van der Waals surface area contributed by atoms with E-state index in [2.05, 4.69) is 39.0 Å². The van der Waals surface area contributed by atoms with Crippen molar-refractivity contribution in [1.82, 2.24) is 0 Å². The number of aryl methyl sites for hydroxylation is 1. The minimum atomic E-state index is 0.632. The minimum absolute atomic E-state index is 0.632. The third-order valence-corrected chi connectivity index (χ3v) is 3.05. The molecule has 17 heavy (non-hydrogen) atoms. The van der Waals surface area contributed by atoms with Gasteiger partial charge in [0.15, 0.2) is 0 Å². The van der Waals surface area contributed by atoms with Crippen molar-refractivity contribution in [2.45, 2.75) is 46.5 Å². The van der Waals surface area contributed by atoms with E-state index < -0.39 is 0 Å². The molecule has 0 aliphatic heterocycles. The predicted octanol–water partition coefficient (Wildman–Crippen LogP) is 3.94. The third-order valence-electron chi connectivity index (χ3n) is 3.05. The fourth-order valence-corrected chi connectivity index (χ4v) is 1.85. The van der Waals surface area contributed by atoms with Crippen molar-refractivity contribution in [3.63, 3.8) is 0 Å². The van der Waals surface area contributed by atoms with Gasteiger partial charge in [-0.1, -0.05) is 13.0 Å². The molecule has 0 saturated heterocycles. The zero-order valence-corrected chi connectivity index (χ0v) is 11.0. The molecule has 1 aromatic rings. The fraction of sp³-hybridized carbons (Fsp3) is 0.533. The van der Waals surface area contributed by atoms with Crippen LogP contribution in [0.4, 0.5) is 0 Å². The zero-order chi connectivity index (χ0) is 12.7. The Hall–Kier alpha value is -1.49. The Balaban J connectivity index is 2.76. The molecule has 0 aromatic heterocycles. The highest BCUT2D eigenvalue weighted by Crippen LogP contribution is 2.25. The molecule has 0 spiro atoms. The summed E-state index contributed by atoms with van der Waals surface area (Å²) in [4.78, 5) is 0. The van der Waals surface area contributed by atoms with Gasteiger partial charge in [-0.05, 0) is 55.9 Å². The van der Waals surface area contributed by atoms with Crippen LogP contribution < -0.4 is 4.74 Å². The summed E-state index contributed by atoms with van der Waals surface area (Å²) in [7, 11) is 0. The number of benzene rings is 1. The SMILES string of the molecule is CCCOc1ccc(CCCC#N)c(C)c1C. The molecule has 1 aromatic carbocycles. The molecular weight excluding hydrogens is 210 g/mol. The summed E-state index contributed by atoms with van der Waals surface area (Å²) in [6.45, 7) is 7.12. The maximum atomic E-state index is 8.54. The van der Waals surface area contributed by atoms with Gasteiger partial charge in [-0.3, -0.25) is 0 Å². The van der Waals surface area contributed by atoms with Gasteiger partial charge in [-0.15, -0.1) is 0 Å². The summed E-state index contributed by atoms with van der Waals surface area (Å²) in [5.41, 5.74) is 3.87. The average molecular weight is 231 g/mol. The van der Waals surface area contributed by atoms with Crippen molar-refractivity contribution in [3.05, 3.63) is 28.8 Å². The molecule has 0 fully saturated rings. The van der Waals surface area contributed by atoms with Crippen molar-refractivity contribution in [3.8, 4) is 11.8 Å². The van der Waals surface area contributed by atoms with E-state index in [1.165, 1.54) is 16.7 Å². The molecule has 0 atom stereocenters. The number of unbranched alkanes of at least 4 members (excludes halogenated alkanes) is 1. The topological polar surface area (TPSA) is 33.0 Å². The predicted molar refractivity (Wildman–Crippen MR) is 70.3 cm³/mol. The summed E-state index contributed by atoms with van der Waals surface area (Å²) in [5.74, 6) is 0.994. The average Bonchev–Trinajstić information content (AvgIpc) is 2.34. The van der Waals surface area contributed by atoms with Gasteiger partial charge in [-0.25, -0.2) is 0 Å². The quantitative estimate of drug-likeness (QED) is 0.695. The zero-order valence-electron chi connectivity index (χ0n) is 11.0. The van der Waals surface area contributed by atoms with Crippen molar-refractivity contribution in [2.75, 3.05) is 6.61 Å². The van der Waals surface area contributed by atoms with E-state index in [0.29, 0.717) is 6.42 Å². The van der Waals surface area contributed by atoms with Crippen LogP contribution in [0.5, 0.6) is 5.75 Å². The smallest absolute Gasteiger partial charge is 0.122 e. The highest BCUT2D eigenvalue weighted by Gasteiger charge is 2.06. The van der Waals surface area contributed by atoms with Gasteiger partial charge in [0.25, 0.3) is 0 Å². The van der Waals surface area contributed by atoms with Gasteiger partial charge in [0.2, 0.25) is 0 Å². The molecule has 0 heterocycles. The Labute approximate surface area is 104 Å². The fourth-order valence-electron chi connectivity index (χ4n) is 1.85. The lowest BCUT2D eigenvalue weighted by Gasteiger charge is -2.13. The number of nitrogens with zero attached hydrogens (tertiary/aromatic N) is 1. The molecule has 2 nitrogen and oxygen atoms in total. The molecule has 0 aliphatic rings. The Kier molecular flexibility index (Phi) is 5.56. The summed E-state index contributed by atoms with van der Waals surface area (Å²) in [5, 5.41) is 8.54. The largest absolute Gasteiger partial charge is 0.493 e. The van der Waals surface area contributed by atoms with Crippen LogP contribution >= 0.6 is 0 Å². The normalized spacial score (nSPS) is 10.0. The van der Waals surface area contributed by atoms with Crippen molar-refractivity contribution >= 4 is 0 Å². The van der Waals surface area contributed by atoms with Crippen LogP contribution in [0.2, 0.25) is 0 Å².